The molecule has 32 heavy (non-hydrogen) atoms. The molecule has 7 nitrogen and oxygen atoms in total. The predicted molar refractivity (Wildman–Crippen MR) is 112 cm³/mol. The van der Waals surface area contributed by atoms with Crippen LogP contribution >= 0.6 is 0 Å². The van der Waals surface area contributed by atoms with Gasteiger partial charge >= 0.3 is 6.18 Å². The van der Waals surface area contributed by atoms with Crippen molar-refractivity contribution in [1.82, 2.24) is 19.2 Å². The van der Waals surface area contributed by atoms with E-state index in [1.165, 1.54) is 39.7 Å². The van der Waals surface area contributed by atoms with Crippen molar-refractivity contribution in [2.24, 2.45) is 0 Å². The summed E-state index contributed by atoms with van der Waals surface area (Å²) < 4.78 is 65.8. The van der Waals surface area contributed by atoms with E-state index in [-0.39, 0.29) is 36.6 Å². The Hall–Kier alpha value is -3.18. The monoisotopic (exact) mass is 464 g/mol. The molecule has 0 saturated carbocycles. The first-order valence-corrected chi connectivity index (χ1v) is 11.2. The fraction of sp³-hybridized carbons (Fsp3) is 0.238. The number of piperazine rings is 1. The molecule has 1 aliphatic heterocycles. The van der Waals surface area contributed by atoms with Gasteiger partial charge in [0, 0.05) is 50.0 Å². The number of nitrogens with zero attached hydrogens (tertiary/aromatic N) is 3. The largest absolute Gasteiger partial charge is 0.416 e. The number of H-pyrrole nitrogens is 1. The van der Waals surface area contributed by atoms with Crippen LogP contribution < -0.4 is 0 Å². The summed E-state index contributed by atoms with van der Waals surface area (Å²) >= 11 is 0. The molecule has 0 atom stereocenters. The number of hydrogen-bond donors (Lipinski definition) is 1. The number of carbonyl (C=O) groups is 1. The van der Waals surface area contributed by atoms with Crippen LogP contribution in [0.4, 0.5) is 13.2 Å². The molecule has 0 radical (unpaired) electrons. The second-order valence-corrected chi connectivity index (χ2v) is 9.14. The lowest BCUT2D eigenvalue weighted by molar-refractivity contribution is -0.137. The topological polar surface area (TPSA) is 86.4 Å². The molecule has 2 aromatic heterocycles. The van der Waals surface area contributed by atoms with Gasteiger partial charge < -0.3 is 9.88 Å². The maximum Gasteiger partial charge on any atom is 0.416 e. The Morgan fingerprint density at radius 1 is 1.09 bits per heavy atom. The molecule has 0 spiro atoms. The molecule has 1 amide bonds. The van der Waals surface area contributed by atoms with Crippen LogP contribution in [0.1, 0.15) is 11.1 Å². The van der Waals surface area contributed by atoms with Gasteiger partial charge in [-0.25, -0.2) is 13.4 Å². The van der Waals surface area contributed by atoms with Crippen molar-refractivity contribution in [2.45, 2.75) is 11.1 Å². The first-order valence-electron chi connectivity index (χ1n) is 9.73. The standard InChI is InChI=1S/C21H19F3N4O3S/c22-21(23,24)16-4-1-3-15(13-16)6-7-19(29)27-9-11-28(12-10-27)32(30,31)18-14-26-20-17(18)5-2-8-25-20/h1-8,13-14H,9-12H2,(H,25,26)/b7-6+. The Morgan fingerprint density at radius 3 is 2.56 bits per heavy atom. The number of pyridine rings is 1. The van der Waals surface area contributed by atoms with Crippen LogP contribution in [0.15, 0.2) is 59.8 Å². The number of aromatic amines is 1. The summed E-state index contributed by atoms with van der Waals surface area (Å²) in [6, 6.07) is 8.00. The highest BCUT2D eigenvalue weighted by Gasteiger charge is 2.32. The van der Waals surface area contributed by atoms with E-state index >= 15 is 0 Å². The van der Waals surface area contributed by atoms with Crippen LogP contribution in [0.5, 0.6) is 0 Å². The number of halogens is 3. The lowest BCUT2D eigenvalue weighted by Crippen LogP contribution is -2.50. The first-order chi connectivity index (χ1) is 15.2. The van der Waals surface area contributed by atoms with E-state index in [4.69, 9.17) is 0 Å². The second kappa shape index (κ2) is 8.40. The van der Waals surface area contributed by atoms with Crippen molar-refractivity contribution < 1.29 is 26.4 Å². The quantitative estimate of drug-likeness (QED) is 0.601. The Morgan fingerprint density at radius 2 is 1.84 bits per heavy atom. The Bertz CT molecular complexity index is 1280. The van der Waals surface area contributed by atoms with Crippen LogP contribution in [0.3, 0.4) is 0 Å². The molecular weight excluding hydrogens is 445 g/mol. The van der Waals surface area contributed by atoms with E-state index in [0.717, 1.165) is 12.1 Å². The SMILES string of the molecule is O=C(/C=C/c1cccc(C(F)(F)F)c1)N1CCN(S(=O)(=O)c2c[nH]c3ncccc23)CC1. The van der Waals surface area contributed by atoms with Crippen molar-refractivity contribution in [3.63, 3.8) is 0 Å². The van der Waals surface area contributed by atoms with Crippen molar-refractivity contribution >= 4 is 33.0 Å². The summed E-state index contributed by atoms with van der Waals surface area (Å²) in [5.74, 6) is -0.393. The lowest BCUT2D eigenvalue weighted by Gasteiger charge is -2.33. The summed E-state index contributed by atoms with van der Waals surface area (Å²) in [6.45, 7) is 0.564. The number of alkyl halides is 3. The summed E-state index contributed by atoms with van der Waals surface area (Å²) in [4.78, 5) is 21.0. The molecule has 3 heterocycles. The molecule has 4 rings (SSSR count). The average Bonchev–Trinajstić information content (AvgIpc) is 3.22. The minimum Gasteiger partial charge on any atom is -0.345 e. The van der Waals surface area contributed by atoms with Crippen LogP contribution in [0.25, 0.3) is 17.1 Å². The van der Waals surface area contributed by atoms with E-state index in [9.17, 15) is 26.4 Å². The van der Waals surface area contributed by atoms with Gasteiger partial charge in [0.2, 0.25) is 15.9 Å². The van der Waals surface area contributed by atoms with Crippen LogP contribution in [0, 0.1) is 0 Å². The molecule has 0 aliphatic carbocycles. The normalized spacial score (nSPS) is 16.2. The minimum absolute atomic E-state index is 0.110. The lowest BCUT2D eigenvalue weighted by atomic mass is 10.1. The Balaban J connectivity index is 1.41. The second-order valence-electron chi connectivity index (χ2n) is 7.24. The zero-order valence-corrected chi connectivity index (χ0v) is 17.5. The Kier molecular flexibility index (Phi) is 5.78. The molecule has 1 fully saturated rings. The summed E-state index contributed by atoms with van der Waals surface area (Å²) in [5, 5.41) is 0.495. The maximum absolute atomic E-state index is 13.0. The van der Waals surface area contributed by atoms with E-state index < -0.39 is 27.7 Å². The van der Waals surface area contributed by atoms with Crippen molar-refractivity contribution in [2.75, 3.05) is 26.2 Å². The number of nitrogens with one attached hydrogen (secondary N) is 1. The smallest absolute Gasteiger partial charge is 0.345 e. The molecule has 11 heteroatoms. The number of rotatable bonds is 4. The van der Waals surface area contributed by atoms with E-state index in [1.54, 1.807) is 18.3 Å². The number of aromatic nitrogens is 2. The molecular formula is C21H19F3N4O3S. The highest BCUT2D eigenvalue weighted by atomic mass is 32.2. The zero-order chi connectivity index (χ0) is 22.9. The number of amides is 1. The molecule has 0 unspecified atom stereocenters. The van der Waals surface area contributed by atoms with E-state index in [2.05, 4.69) is 9.97 Å². The first kappa shape index (κ1) is 22.0. The molecule has 168 valence electrons. The molecule has 0 bridgehead atoms. The maximum atomic E-state index is 13.0. The van der Waals surface area contributed by atoms with Crippen LogP contribution in [-0.4, -0.2) is 59.7 Å². The van der Waals surface area contributed by atoms with Crippen molar-refractivity contribution in [3.05, 3.63) is 66.0 Å². The molecule has 1 N–H and O–H groups in total. The van der Waals surface area contributed by atoms with Gasteiger partial charge in [-0.2, -0.15) is 17.5 Å². The summed E-state index contributed by atoms with van der Waals surface area (Å²) in [6.07, 6.45) is 1.02. The van der Waals surface area contributed by atoms with Crippen LogP contribution in [0.2, 0.25) is 0 Å². The highest BCUT2D eigenvalue weighted by molar-refractivity contribution is 7.89. The van der Waals surface area contributed by atoms with E-state index in [0.29, 0.717) is 11.0 Å². The third kappa shape index (κ3) is 4.39. The molecule has 1 aromatic carbocycles. The molecule has 3 aromatic rings. The number of carbonyl (C=O) groups excluding carboxylic acids is 1. The minimum atomic E-state index is -4.46. The van der Waals surface area contributed by atoms with E-state index in [1.807, 2.05) is 0 Å². The third-order valence-corrected chi connectivity index (χ3v) is 7.15. The summed E-state index contributed by atoms with van der Waals surface area (Å²) in [7, 11) is -3.77. The third-order valence-electron chi connectivity index (χ3n) is 5.21. The molecule has 1 aliphatic rings. The Labute approximate surface area is 182 Å². The van der Waals surface area contributed by atoms with Gasteiger partial charge in [-0.3, -0.25) is 4.79 Å². The number of benzene rings is 1. The highest BCUT2D eigenvalue weighted by Crippen LogP contribution is 2.30. The van der Waals surface area contributed by atoms with Crippen molar-refractivity contribution in [1.29, 1.82) is 0 Å². The number of hydrogen-bond acceptors (Lipinski definition) is 4. The van der Waals surface area contributed by atoms with Crippen molar-refractivity contribution in [3.8, 4) is 0 Å². The van der Waals surface area contributed by atoms with Gasteiger partial charge in [-0.15, -0.1) is 0 Å². The fourth-order valence-electron chi connectivity index (χ4n) is 3.52. The fourth-order valence-corrected chi connectivity index (χ4v) is 5.10. The van der Waals surface area contributed by atoms with Gasteiger partial charge in [-0.1, -0.05) is 12.1 Å². The van der Waals surface area contributed by atoms with Crippen LogP contribution in [-0.2, 0) is 21.0 Å². The average molecular weight is 464 g/mol. The van der Waals surface area contributed by atoms with Gasteiger partial charge in [0.15, 0.2) is 0 Å². The number of sulfonamides is 1. The zero-order valence-electron chi connectivity index (χ0n) is 16.7. The summed E-state index contributed by atoms with van der Waals surface area (Å²) in [5.41, 5.74) is -0.0691. The van der Waals surface area contributed by atoms with Gasteiger partial charge in [-0.05, 0) is 35.9 Å². The van der Waals surface area contributed by atoms with Gasteiger partial charge in [0.05, 0.1) is 5.56 Å². The van der Waals surface area contributed by atoms with Gasteiger partial charge in [0.25, 0.3) is 0 Å². The number of fused-ring (bicyclic) bond motifs is 1. The molecule has 1 saturated heterocycles. The predicted octanol–water partition coefficient (Wildman–Crippen LogP) is 3.13. The van der Waals surface area contributed by atoms with Gasteiger partial charge in [0.1, 0.15) is 10.5 Å².